The zero-order chi connectivity index (χ0) is 15.2. The van der Waals surface area contributed by atoms with Crippen molar-refractivity contribution in [3.05, 3.63) is 48.2 Å². The van der Waals surface area contributed by atoms with E-state index in [1.165, 1.54) is 0 Å². The van der Waals surface area contributed by atoms with E-state index in [1.807, 2.05) is 30.3 Å². The number of benzene rings is 1. The fourth-order valence-corrected chi connectivity index (χ4v) is 2.33. The maximum absolute atomic E-state index is 12.3. The summed E-state index contributed by atoms with van der Waals surface area (Å²) in [5, 5.41) is 5.28. The fraction of sp³-hybridized carbons (Fsp3) is 0.333. The minimum absolute atomic E-state index is 0.252. The van der Waals surface area contributed by atoms with Crippen LogP contribution in [0.1, 0.15) is 18.0 Å². The highest BCUT2D eigenvalue weighted by atomic mass is 35.5. The number of ether oxygens (including phenoxy) is 1. The number of hydrogen-bond acceptors (Lipinski definition) is 3. The zero-order valence-corrected chi connectivity index (χ0v) is 12.2. The first-order valence-corrected chi connectivity index (χ1v) is 7.21. The molecule has 0 radical (unpaired) electrons. The third-order valence-corrected chi connectivity index (χ3v) is 3.47. The van der Waals surface area contributed by atoms with Crippen molar-refractivity contribution in [1.82, 2.24) is 10.6 Å². The van der Waals surface area contributed by atoms with Crippen molar-refractivity contribution in [1.29, 1.82) is 0 Å². The van der Waals surface area contributed by atoms with Crippen LogP contribution < -0.4 is 10.6 Å². The largest absolute Gasteiger partial charge is 0.465 e. The molecule has 0 aliphatic carbocycles. The van der Waals surface area contributed by atoms with Gasteiger partial charge in [0.25, 0.3) is 0 Å². The van der Waals surface area contributed by atoms with Crippen molar-refractivity contribution >= 4 is 23.6 Å². The number of alkyl halides is 1. The molecule has 1 aromatic carbocycles. The molecule has 2 atom stereocenters. The Hall–Kier alpha value is -2.01. The first-order valence-electron chi connectivity index (χ1n) is 6.67. The normalized spacial score (nSPS) is 21.4. The molecule has 0 unspecified atom stereocenters. The summed E-state index contributed by atoms with van der Waals surface area (Å²) in [6.07, 6.45) is 0.586. The number of carbonyl (C=O) groups excluding carboxylic acids is 2. The predicted molar refractivity (Wildman–Crippen MR) is 79.8 cm³/mol. The maximum atomic E-state index is 12.3. The molecule has 2 amide bonds. The van der Waals surface area contributed by atoms with E-state index in [9.17, 15) is 9.59 Å². The summed E-state index contributed by atoms with van der Waals surface area (Å²) in [7, 11) is 0. The van der Waals surface area contributed by atoms with Gasteiger partial charge in [-0.15, -0.1) is 11.6 Å². The maximum Gasteiger partial charge on any atom is 0.319 e. The van der Waals surface area contributed by atoms with Crippen molar-refractivity contribution in [2.45, 2.75) is 12.5 Å². The van der Waals surface area contributed by atoms with Crippen LogP contribution in [0.15, 0.2) is 42.6 Å². The summed E-state index contributed by atoms with van der Waals surface area (Å²) in [6.45, 7) is 4.02. The van der Waals surface area contributed by atoms with Crippen LogP contribution in [0.5, 0.6) is 0 Å². The Morgan fingerprint density at radius 2 is 2.05 bits per heavy atom. The number of esters is 1. The molecule has 2 rings (SSSR count). The Morgan fingerprint density at radius 1 is 1.33 bits per heavy atom. The highest BCUT2D eigenvalue weighted by molar-refractivity contribution is 6.17. The van der Waals surface area contributed by atoms with Gasteiger partial charge in [0, 0.05) is 11.6 Å². The molecule has 1 fully saturated rings. The molecule has 21 heavy (non-hydrogen) atoms. The van der Waals surface area contributed by atoms with E-state index in [1.54, 1.807) is 0 Å². The van der Waals surface area contributed by atoms with E-state index < -0.39 is 17.9 Å². The molecule has 1 aliphatic rings. The number of halogens is 1. The lowest BCUT2D eigenvalue weighted by Gasteiger charge is -2.33. The fourth-order valence-electron chi connectivity index (χ4n) is 2.22. The van der Waals surface area contributed by atoms with Gasteiger partial charge in [0.1, 0.15) is 5.92 Å². The van der Waals surface area contributed by atoms with Crippen LogP contribution >= 0.6 is 11.6 Å². The average molecular weight is 309 g/mol. The van der Waals surface area contributed by atoms with Crippen LogP contribution in [-0.2, 0) is 9.53 Å². The highest BCUT2D eigenvalue weighted by Crippen LogP contribution is 2.30. The second-order valence-corrected chi connectivity index (χ2v) is 5.08. The van der Waals surface area contributed by atoms with Gasteiger partial charge in [0.05, 0.1) is 12.6 Å². The molecule has 1 heterocycles. The van der Waals surface area contributed by atoms with Crippen LogP contribution in [0.2, 0.25) is 0 Å². The average Bonchev–Trinajstić information content (AvgIpc) is 2.47. The van der Waals surface area contributed by atoms with Gasteiger partial charge in [0.15, 0.2) is 0 Å². The Morgan fingerprint density at radius 3 is 2.71 bits per heavy atom. The molecule has 0 bridgehead atoms. The monoisotopic (exact) mass is 308 g/mol. The smallest absolute Gasteiger partial charge is 0.319 e. The van der Waals surface area contributed by atoms with Gasteiger partial charge in [-0.05, 0) is 12.0 Å². The lowest BCUT2D eigenvalue weighted by atomic mass is 9.89. The summed E-state index contributed by atoms with van der Waals surface area (Å²) in [5.41, 5.74) is 1.16. The topological polar surface area (TPSA) is 67.4 Å². The molecular weight excluding hydrogens is 292 g/mol. The van der Waals surface area contributed by atoms with Gasteiger partial charge < -0.3 is 15.4 Å². The molecule has 6 heteroatoms. The number of nitrogens with one attached hydrogen (secondary N) is 2. The van der Waals surface area contributed by atoms with Gasteiger partial charge in [-0.2, -0.15) is 0 Å². The zero-order valence-electron chi connectivity index (χ0n) is 11.5. The summed E-state index contributed by atoms with van der Waals surface area (Å²) < 4.78 is 5.20. The predicted octanol–water partition coefficient (Wildman–Crippen LogP) is 2.34. The van der Waals surface area contributed by atoms with Crippen LogP contribution in [0.4, 0.5) is 4.79 Å². The first kappa shape index (κ1) is 15.4. The number of rotatable bonds is 5. The summed E-state index contributed by atoms with van der Waals surface area (Å²) in [4.78, 5) is 23.9. The van der Waals surface area contributed by atoms with Crippen LogP contribution in [0.3, 0.4) is 0 Å². The Balaban J connectivity index is 2.19. The summed E-state index contributed by atoms with van der Waals surface area (Å²) in [5.74, 6) is -0.664. The van der Waals surface area contributed by atoms with E-state index in [-0.39, 0.29) is 12.6 Å². The van der Waals surface area contributed by atoms with E-state index >= 15 is 0 Å². The second kappa shape index (κ2) is 7.13. The third-order valence-electron chi connectivity index (χ3n) is 3.20. The molecule has 1 aliphatic heterocycles. The van der Waals surface area contributed by atoms with Gasteiger partial charge >= 0.3 is 12.0 Å². The summed E-state index contributed by atoms with van der Waals surface area (Å²) in [6, 6.07) is 8.40. The van der Waals surface area contributed by atoms with Crippen LogP contribution in [0, 0.1) is 5.92 Å². The Kier molecular flexibility index (Phi) is 5.22. The van der Waals surface area contributed by atoms with E-state index in [2.05, 4.69) is 17.2 Å². The molecule has 2 N–H and O–H groups in total. The molecule has 5 nitrogen and oxygen atoms in total. The Bertz CT molecular complexity index is 533. The van der Waals surface area contributed by atoms with E-state index in [4.69, 9.17) is 16.3 Å². The number of carbonyl (C=O) groups is 2. The second-order valence-electron chi connectivity index (χ2n) is 4.70. The third kappa shape index (κ3) is 3.76. The van der Waals surface area contributed by atoms with Crippen LogP contribution in [0.25, 0.3) is 0 Å². The lowest BCUT2D eigenvalue weighted by molar-refractivity contribution is -0.148. The highest BCUT2D eigenvalue weighted by Gasteiger charge is 2.38. The van der Waals surface area contributed by atoms with Crippen molar-refractivity contribution < 1.29 is 14.3 Å². The number of hydrogen-bond donors (Lipinski definition) is 2. The SMILES string of the molecule is C=C1NC(=O)N[C@H](c2ccccc2)[C@H]1C(=O)OCCCCl. The standard InChI is InChI=1S/C15H17ClN2O3/c1-10-12(14(19)21-9-5-8-16)13(18-15(20)17-10)11-6-3-2-4-7-11/h2-4,6-7,12-13H,1,5,8-9H2,(H2,17,18,20)/t12-,13+/m0/s1. The minimum Gasteiger partial charge on any atom is -0.465 e. The quantitative estimate of drug-likeness (QED) is 0.498. The van der Waals surface area contributed by atoms with Crippen molar-refractivity contribution in [3.63, 3.8) is 0 Å². The first-order chi connectivity index (χ1) is 10.1. The van der Waals surface area contributed by atoms with Gasteiger partial charge in [-0.1, -0.05) is 36.9 Å². The van der Waals surface area contributed by atoms with E-state index in [0.29, 0.717) is 18.0 Å². The number of amides is 2. The van der Waals surface area contributed by atoms with Gasteiger partial charge in [-0.3, -0.25) is 4.79 Å². The van der Waals surface area contributed by atoms with Gasteiger partial charge in [-0.25, -0.2) is 4.79 Å². The van der Waals surface area contributed by atoms with Gasteiger partial charge in [0.2, 0.25) is 0 Å². The van der Waals surface area contributed by atoms with Crippen molar-refractivity contribution in [2.24, 2.45) is 5.92 Å². The summed E-state index contributed by atoms with van der Waals surface area (Å²) >= 11 is 5.56. The molecular formula is C15H17ClN2O3. The minimum atomic E-state index is -0.666. The Labute approximate surface area is 128 Å². The van der Waals surface area contributed by atoms with Crippen LogP contribution in [-0.4, -0.2) is 24.5 Å². The number of urea groups is 1. The van der Waals surface area contributed by atoms with Crippen molar-refractivity contribution in [2.75, 3.05) is 12.5 Å². The lowest BCUT2D eigenvalue weighted by Crippen LogP contribution is -2.51. The molecule has 1 aromatic rings. The van der Waals surface area contributed by atoms with Crippen molar-refractivity contribution in [3.8, 4) is 0 Å². The molecule has 1 saturated heterocycles. The van der Waals surface area contributed by atoms with E-state index in [0.717, 1.165) is 5.56 Å². The molecule has 0 spiro atoms. The molecule has 112 valence electrons. The molecule has 0 saturated carbocycles. The molecule has 0 aromatic heterocycles.